The summed E-state index contributed by atoms with van der Waals surface area (Å²) in [6.45, 7) is 4.52. The van der Waals surface area contributed by atoms with E-state index in [2.05, 4.69) is 22.0 Å². The van der Waals surface area contributed by atoms with Crippen LogP contribution in [0.4, 0.5) is 5.69 Å². The van der Waals surface area contributed by atoms with Crippen molar-refractivity contribution in [3.8, 4) is 17.5 Å². The number of carbonyl (C=O) groups is 1. The number of hydrogen-bond donors (Lipinski definition) is 1. The first-order valence-electron chi connectivity index (χ1n) is 11.2. The molecule has 5 nitrogen and oxygen atoms in total. The fourth-order valence-electron chi connectivity index (χ4n) is 4.33. The summed E-state index contributed by atoms with van der Waals surface area (Å²) in [5.74, 6) is 0.636. The zero-order valence-electron chi connectivity index (χ0n) is 19.3. The second kappa shape index (κ2) is 9.17. The molecule has 4 aromatic rings. The average molecular weight is 480 g/mol. The topological polar surface area (TPSA) is 67.1 Å². The van der Waals surface area contributed by atoms with E-state index in [9.17, 15) is 4.79 Å². The highest BCUT2D eigenvalue weighted by atomic mass is 35.5. The molecule has 6 heteroatoms. The van der Waals surface area contributed by atoms with Gasteiger partial charge in [0.15, 0.2) is 0 Å². The van der Waals surface area contributed by atoms with Crippen molar-refractivity contribution in [3.05, 3.63) is 111 Å². The van der Waals surface area contributed by atoms with E-state index in [1.807, 2.05) is 62.4 Å². The van der Waals surface area contributed by atoms with E-state index >= 15 is 0 Å². The maximum atomic E-state index is 12.6. The number of hydrogen-bond acceptors (Lipinski definition) is 3. The molecule has 172 valence electrons. The molecule has 2 heterocycles. The third-order valence-corrected chi connectivity index (χ3v) is 6.35. The van der Waals surface area contributed by atoms with Crippen molar-refractivity contribution in [3.63, 3.8) is 0 Å². The Morgan fingerprint density at radius 1 is 1.03 bits per heavy atom. The molecule has 0 saturated heterocycles. The van der Waals surface area contributed by atoms with Crippen LogP contribution in [0.2, 0.25) is 5.02 Å². The first-order chi connectivity index (χ1) is 16.9. The van der Waals surface area contributed by atoms with Gasteiger partial charge in [0.25, 0.3) is 5.91 Å². The van der Waals surface area contributed by atoms with Crippen LogP contribution in [0.1, 0.15) is 33.6 Å². The molecule has 0 unspecified atom stereocenters. The number of aromatic nitrogens is 1. The number of anilines is 1. The Bertz CT molecular complexity index is 1510. The molecule has 0 saturated carbocycles. The molecular formula is C29H22ClN3O2. The lowest BCUT2D eigenvalue weighted by Crippen LogP contribution is -2.03. The monoisotopic (exact) mass is 479 g/mol. The van der Waals surface area contributed by atoms with Crippen molar-refractivity contribution in [1.29, 1.82) is 5.26 Å². The van der Waals surface area contributed by atoms with Crippen LogP contribution in [0.5, 0.6) is 5.75 Å². The lowest BCUT2D eigenvalue weighted by molar-refractivity contribution is -0.110. The molecule has 1 aliphatic heterocycles. The highest BCUT2D eigenvalue weighted by molar-refractivity contribution is 6.36. The second-order valence-electron chi connectivity index (χ2n) is 8.46. The molecule has 5 rings (SSSR count). The zero-order chi connectivity index (χ0) is 24.5. The van der Waals surface area contributed by atoms with Gasteiger partial charge in [-0.05, 0) is 85.6 Å². The average Bonchev–Trinajstić information content (AvgIpc) is 3.32. The van der Waals surface area contributed by atoms with Gasteiger partial charge in [-0.25, -0.2) is 0 Å². The van der Waals surface area contributed by atoms with Crippen molar-refractivity contribution in [2.75, 3.05) is 5.32 Å². The molecule has 35 heavy (non-hydrogen) atoms. The van der Waals surface area contributed by atoms with Gasteiger partial charge < -0.3 is 14.6 Å². The molecular weight excluding hydrogens is 458 g/mol. The lowest BCUT2D eigenvalue weighted by Gasteiger charge is -2.12. The number of nitrogens with one attached hydrogen (secondary N) is 1. The van der Waals surface area contributed by atoms with Gasteiger partial charge in [0.2, 0.25) is 0 Å². The fraction of sp³-hybridized carbons (Fsp3) is 0.103. The minimum Gasteiger partial charge on any atom is -0.489 e. The number of aryl methyl sites for hydroxylation is 1. The third kappa shape index (κ3) is 4.44. The minimum absolute atomic E-state index is 0.129. The van der Waals surface area contributed by atoms with Gasteiger partial charge >= 0.3 is 0 Å². The van der Waals surface area contributed by atoms with Crippen molar-refractivity contribution in [2.45, 2.75) is 20.5 Å². The van der Waals surface area contributed by atoms with Crippen LogP contribution in [0.25, 0.3) is 17.3 Å². The first-order valence-corrected chi connectivity index (χ1v) is 11.5. The molecule has 1 aliphatic rings. The first kappa shape index (κ1) is 22.5. The highest BCUT2D eigenvalue weighted by Crippen LogP contribution is 2.36. The molecule has 0 fully saturated rings. The Morgan fingerprint density at radius 3 is 2.49 bits per heavy atom. The maximum Gasteiger partial charge on any atom is 0.256 e. The second-order valence-corrected chi connectivity index (χ2v) is 8.89. The van der Waals surface area contributed by atoms with E-state index < -0.39 is 0 Å². The van der Waals surface area contributed by atoms with Gasteiger partial charge in [0, 0.05) is 33.2 Å². The number of ether oxygens (including phenoxy) is 1. The molecule has 1 N–H and O–H groups in total. The lowest BCUT2D eigenvalue weighted by atomic mass is 10.0. The molecule has 0 bridgehead atoms. The largest absolute Gasteiger partial charge is 0.489 e. The molecule has 0 spiro atoms. The molecule has 1 amide bonds. The highest BCUT2D eigenvalue weighted by Gasteiger charge is 2.25. The number of amides is 1. The summed E-state index contributed by atoms with van der Waals surface area (Å²) >= 11 is 6.08. The Balaban J connectivity index is 1.37. The SMILES string of the molecule is Cc1cc(/C=C2/C(=O)Nc3cc(Cl)ccc32)c(C)n1-c1ccc(OCc2ccc(C#N)cc2)cc1. The summed E-state index contributed by atoms with van der Waals surface area (Å²) < 4.78 is 8.07. The summed E-state index contributed by atoms with van der Waals surface area (Å²) in [4.78, 5) is 12.6. The van der Waals surface area contributed by atoms with E-state index in [4.69, 9.17) is 21.6 Å². The van der Waals surface area contributed by atoms with Gasteiger partial charge in [0.1, 0.15) is 12.4 Å². The fourth-order valence-corrected chi connectivity index (χ4v) is 4.50. The predicted octanol–water partition coefficient (Wildman–Crippen LogP) is 6.69. The number of nitriles is 1. The van der Waals surface area contributed by atoms with E-state index in [0.717, 1.165) is 45.2 Å². The number of nitrogens with zero attached hydrogens (tertiary/aromatic N) is 2. The van der Waals surface area contributed by atoms with E-state index in [-0.39, 0.29) is 5.91 Å². The summed E-state index contributed by atoms with van der Waals surface area (Å²) in [6.07, 6.45) is 1.93. The summed E-state index contributed by atoms with van der Waals surface area (Å²) in [7, 11) is 0. The quantitative estimate of drug-likeness (QED) is 0.324. The standard InChI is InChI=1S/C29H22ClN3O2/c1-18-13-22(14-27-26-12-7-23(30)15-28(26)32-29(27)34)19(2)33(18)24-8-10-25(11-9-24)35-17-21-5-3-20(16-31)4-6-21/h3-15H,17H2,1-2H3,(H,32,34)/b27-14+. The van der Waals surface area contributed by atoms with Gasteiger partial charge in [-0.2, -0.15) is 5.26 Å². The number of fused-ring (bicyclic) bond motifs is 1. The summed E-state index contributed by atoms with van der Waals surface area (Å²) in [5, 5.41) is 12.4. The molecule has 3 aromatic carbocycles. The van der Waals surface area contributed by atoms with Crippen LogP contribution < -0.4 is 10.1 Å². The van der Waals surface area contributed by atoms with Crippen molar-refractivity contribution < 1.29 is 9.53 Å². The number of rotatable bonds is 5. The van der Waals surface area contributed by atoms with Crippen LogP contribution in [0.3, 0.4) is 0 Å². The zero-order valence-corrected chi connectivity index (χ0v) is 20.1. The van der Waals surface area contributed by atoms with Gasteiger partial charge in [-0.15, -0.1) is 0 Å². The Hall–Kier alpha value is -4.27. The smallest absolute Gasteiger partial charge is 0.256 e. The van der Waals surface area contributed by atoms with Crippen molar-refractivity contribution >= 4 is 34.8 Å². The normalized spacial score (nSPS) is 13.4. The molecule has 0 atom stereocenters. The van der Waals surface area contributed by atoms with Crippen LogP contribution >= 0.6 is 11.6 Å². The Labute approximate surface area is 208 Å². The van der Waals surface area contributed by atoms with Gasteiger partial charge in [-0.1, -0.05) is 29.8 Å². The predicted molar refractivity (Wildman–Crippen MR) is 139 cm³/mol. The molecule has 0 aliphatic carbocycles. The maximum absolute atomic E-state index is 12.6. The third-order valence-electron chi connectivity index (χ3n) is 6.12. The van der Waals surface area contributed by atoms with Gasteiger partial charge in [-0.3, -0.25) is 4.79 Å². The minimum atomic E-state index is -0.129. The van der Waals surface area contributed by atoms with Crippen LogP contribution in [-0.4, -0.2) is 10.5 Å². The Morgan fingerprint density at radius 2 is 1.77 bits per heavy atom. The van der Waals surface area contributed by atoms with E-state index in [0.29, 0.717) is 22.8 Å². The molecule has 1 aromatic heterocycles. The van der Waals surface area contributed by atoms with E-state index in [1.165, 1.54) is 0 Å². The Kier molecular flexibility index (Phi) is 5.90. The van der Waals surface area contributed by atoms with Gasteiger partial charge in [0.05, 0.1) is 17.3 Å². The van der Waals surface area contributed by atoms with Crippen molar-refractivity contribution in [1.82, 2.24) is 4.57 Å². The molecule has 0 radical (unpaired) electrons. The van der Waals surface area contributed by atoms with Crippen LogP contribution in [-0.2, 0) is 11.4 Å². The van der Waals surface area contributed by atoms with Crippen LogP contribution in [0.15, 0.2) is 72.8 Å². The summed E-state index contributed by atoms with van der Waals surface area (Å²) in [5.41, 5.74) is 7.95. The van der Waals surface area contributed by atoms with Crippen molar-refractivity contribution in [2.24, 2.45) is 0 Å². The number of carbonyl (C=O) groups excluding carboxylic acids is 1. The summed E-state index contributed by atoms with van der Waals surface area (Å²) in [6, 6.07) is 24.9. The van der Waals surface area contributed by atoms with Crippen LogP contribution in [0, 0.1) is 25.2 Å². The van der Waals surface area contributed by atoms with E-state index in [1.54, 1.807) is 24.3 Å². The number of benzene rings is 3. The number of halogens is 1.